The van der Waals surface area contributed by atoms with Gasteiger partial charge in [0.15, 0.2) is 0 Å². The lowest BCUT2D eigenvalue weighted by Gasteiger charge is -2.44. The van der Waals surface area contributed by atoms with Crippen molar-refractivity contribution in [3.05, 3.63) is 58.7 Å². The summed E-state index contributed by atoms with van der Waals surface area (Å²) < 4.78 is 17.8. The van der Waals surface area contributed by atoms with Gasteiger partial charge in [-0.1, -0.05) is 39.8 Å². The number of rotatable bonds is 4. The minimum atomic E-state index is 0.178. The Bertz CT molecular complexity index is 794. The lowest BCUT2D eigenvalue weighted by Crippen LogP contribution is -2.40. The highest BCUT2D eigenvalue weighted by molar-refractivity contribution is 5.44. The first-order valence-corrected chi connectivity index (χ1v) is 9.79. The SMILES string of the molecule is Cc1cc(C2OCC2(C)C)ccc1Oc1ccc(C2OCC2(C)C)cc1C. The van der Waals surface area contributed by atoms with Crippen LogP contribution < -0.4 is 4.74 Å². The van der Waals surface area contributed by atoms with E-state index in [1.54, 1.807) is 0 Å². The van der Waals surface area contributed by atoms with Gasteiger partial charge in [-0.05, 0) is 60.4 Å². The van der Waals surface area contributed by atoms with Crippen molar-refractivity contribution in [1.29, 1.82) is 0 Å². The van der Waals surface area contributed by atoms with Gasteiger partial charge in [-0.25, -0.2) is 0 Å². The molecule has 2 aromatic rings. The van der Waals surface area contributed by atoms with E-state index in [2.05, 4.69) is 77.9 Å². The smallest absolute Gasteiger partial charge is 0.130 e. The first-order chi connectivity index (χ1) is 12.7. The zero-order valence-electron chi connectivity index (χ0n) is 17.3. The van der Waals surface area contributed by atoms with Crippen LogP contribution in [0.4, 0.5) is 0 Å². The van der Waals surface area contributed by atoms with Crippen molar-refractivity contribution >= 4 is 0 Å². The normalized spacial score (nSPS) is 25.4. The van der Waals surface area contributed by atoms with Crippen LogP contribution >= 0.6 is 0 Å². The third-order valence-corrected chi connectivity index (χ3v) is 5.89. The molecule has 27 heavy (non-hydrogen) atoms. The highest BCUT2D eigenvalue weighted by Gasteiger charge is 2.42. The zero-order chi connectivity index (χ0) is 19.4. The summed E-state index contributed by atoms with van der Waals surface area (Å²) >= 11 is 0. The molecule has 0 aromatic heterocycles. The summed E-state index contributed by atoms with van der Waals surface area (Å²) in [6.45, 7) is 14.8. The second-order valence-corrected chi connectivity index (χ2v) is 9.51. The average Bonchev–Trinajstić information content (AvgIpc) is 2.57. The van der Waals surface area contributed by atoms with Crippen LogP contribution in [0.1, 0.15) is 62.2 Å². The Morgan fingerprint density at radius 3 is 1.41 bits per heavy atom. The molecule has 2 aliphatic rings. The molecule has 0 spiro atoms. The molecular weight excluding hydrogens is 336 g/mol. The fourth-order valence-electron chi connectivity index (χ4n) is 4.11. The maximum Gasteiger partial charge on any atom is 0.130 e. The van der Waals surface area contributed by atoms with Gasteiger partial charge in [0, 0.05) is 10.8 Å². The molecule has 3 heteroatoms. The fraction of sp³-hybridized carbons (Fsp3) is 0.500. The molecule has 2 atom stereocenters. The third-order valence-electron chi connectivity index (χ3n) is 5.89. The molecule has 2 aliphatic heterocycles. The van der Waals surface area contributed by atoms with E-state index in [0.29, 0.717) is 0 Å². The molecule has 2 heterocycles. The number of benzene rings is 2. The molecule has 3 nitrogen and oxygen atoms in total. The zero-order valence-corrected chi connectivity index (χ0v) is 17.3. The van der Waals surface area contributed by atoms with Gasteiger partial charge in [0.05, 0.1) is 25.4 Å². The van der Waals surface area contributed by atoms with E-state index in [1.165, 1.54) is 11.1 Å². The molecule has 2 aromatic carbocycles. The van der Waals surface area contributed by atoms with Crippen molar-refractivity contribution in [2.45, 2.75) is 53.8 Å². The summed E-state index contributed by atoms with van der Waals surface area (Å²) in [4.78, 5) is 0. The molecule has 2 unspecified atom stereocenters. The van der Waals surface area contributed by atoms with E-state index in [9.17, 15) is 0 Å². The molecule has 4 rings (SSSR count). The molecule has 0 amide bonds. The molecular formula is C24H30O3. The summed E-state index contributed by atoms with van der Waals surface area (Å²) in [5, 5.41) is 0. The van der Waals surface area contributed by atoms with Gasteiger partial charge in [0.25, 0.3) is 0 Å². The largest absolute Gasteiger partial charge is 0.457 e. The van der Waals surface area contributed by atoms with Gasteiger partial charge in [0.2, 0.25) is 0 Å². The predicted molar refractivity (Wildman–Crippen MR) is 107 cm³/mol. The maximum atomic E-state index is 6.24. The van der Waals surface area contributed by atoms with Crippen LogP contribution in [0, 0.1) is 24.7 Å². The Kier molecular flexibility index (Phi) is 4.36. The van der Waals surface area contributed by atoms with E-state index >= 15 is 0 Å². The van der Waals surface area contributed by atoms with Crippen molar-refractivity contribution < 1.29 is 14.2 Å². The van der Waals surface area contributed by atoms with Crippen LogP contribution in [0.2, 0.25) is 0 Å². The Labute approximate surface area is 162 Å². The van der Waals surface area contributed by atoms with E-state index in [0.717, 1.165) is 35.8 Å². The summed E-state index contributed by atoms with van der Waals surface area (Å²) in [7, 11) is 0. The second-order valence-electron chi connectivity index (χ2n) is 9.51. The predicted octanol–water partition coefficient (Wildman–Crippen LogP) is 6.29. The topological polar surface area (TPSA) is 27.7 Å². The number of hydrogen-bond donors (Lipinski definition) is 0. The van der Waals surface area contributed by atoms with Crippen molar-refractivity contribution in [2.24, 2.45) is 10.8 Å². The highest BCUT2D eigenvalue weighted by atomic mass is 16.5. The minimum absolute atomic E-state index is 0.178. The maximum absolute atomic E-state index is 6.24. The molecule has 0 aliphatic carbocycles. The molecule has 0 saturated carbocycles. The van der Waals surface area contributed by atoms with Crippen LogP contribution in [0.15, 0.2) is 36.4 Å². The van der Waals surface area contributed by atoms with Gasteiger partial charge in [-0.2, -0.15) is 0 Å². The first-order valence-electron chi connectivity index (χ1n) is 9.79. The van der Waals surface area contributed by atoms with Crippen molar-refractivity contribution in [3.8, 4) is 11.5 Å². The van der Waals surface area contributed by atoms with Gasteiger partial charge in [-0.3, -0.25) is 0 Å². The molecule has 0 N–H and O–H groups in total. The Morgan fingerprint density at radius 1 is 0.741 bits per heavy atom. The van der Waals surface area contributed by atoms with Crippen molar-refractivity contribution in [2.75, 3.05) is 13.2 Å². The van der Waals surface area contributed by atoms with Gasteiger partial charge in [0.1, 0.15) is 11.5 Å². The quantitative estimate of drug-likeness (QED) is 0.636. The average molecular weight is 367 g/mol. The molecule has 2 saturated heterocycles. The van der Waals surface area contributed by atoms with E-state index in [1.807, 2.05) is 0 Å². The van der Waals surface area contributed by atoms with Gasteiger partial charge in [-0.15, -0.1) is 0 Å². The van der Waals surface area contributed by atoms with Crippen LogP contribution in [-0.2, 0) is 9.47 Å². The van der Waals surface area contributed by atoms with Gasteiger partial charge >= 0.3 is 0 Å². The number of ether oxygens (including phenoxy) is 3. The fourth-order valence-corrected chi connectivity index (χ4v) is 4.11. The third kappa shape index (κ3) is 3.28. The lowest BCUT2D eigenvalue weighted by atomic mass is 9.78. The van der Waals surface area contributed by atoms with Gasteiger partial charge < -0.3 is 14.2 Å². The summed E-state index contributed by atoms with van der Waals surface area (Å²) in [6.07, 6.45) is 0.356. The van der Waals surface area contributed by atoms with Crippen LogP contribution in [0.3, 0.4) is 0 Å². The van der Waals surface area contributed by atoms with Crippen molar-refractivity contribution in [3.63, 3.8) is 0 Å². The van der Waals surface area contributed by atoms with Crippen LogP contribution in [0.25, 0.3) is 0 Å². The van der Waals surface area contributed by atoms with E-state index in [4.69, 9.17) is 14.2 Å². The highest BCUT2D eigenvalue weighted by Crippen LogP contribution is 2.47. The Balaban J connectivity index is 1.52. The Hall–Kier alpha value is -1.84. The molecule has 144 valence electrons. The monoisotopic (exact) mass is 366 g/mol. The number of hydrogen-bond acceptors (Lipinski definition) is 3. The van der Waals surface area contributed by atoms with E-state index in [-0.39, 0.29) is 23.0 Å². The van der Waals surface area contributed by atoms with Crippen molar-refractivity contribution in [1.82, 2.24) is 0 Å². The minimum Gasteiger partial charge on any atom is -0.457 e. The lowest BCUT2D eigenvalue weighted by molar-refractivity contribution is -0.172. The molecule has 0 bridgehead atoms. The summed E-state index contributed by atoms with van der Waals surface area (Å²) in [5.74, 6) is 1.79. The van der Waals surface area contributed by atoms with E-state index < -0.39 is 0 Å². The molecule has 0 radical (unpaired) electrons. The summed E-state index contributed by atoms with van der Waals surface area (Å²) in [6, 6.07) is 12.8. The molecule has 2 fully saturated rings. The van der Waals surface area contributed by atoms with Crippen LogP contribution in [0.5, 0.6) is 11.5 Å². The Morgan fingerprint density at radius 2 is 1.15 bits per heavy atom. The first kappa shape index (κ1) is 18.5. The number of aryl methyl sites for hydroxylation is 2. The second kappa shape index (κ2) is 6.35. The summed E-state index contributed by atoms with van der Waals surface area (Å²) in [5.41, 5.74) is 5.13. The standard InChI is InChI=1S/C24H30O3/c1-15-11-17(21-23(3,4)13-25-21)7-9-19(15)27-20-10-8-18(12-16(20)2)22-24(5,6)14-26-22/h7-12,21-22H,13-14H2,1-6H3. The van der Waals surface area contributed by atoms with Crippen LogP contribution in [-0.4, -0.2) is 13.2 Å².